The van der Waals surface area contributed by atoms with Crippen LogP contribution in [0.25, 0.3) is 0 Å². The zero-order chi connectivity index (χ0) is 14.1. The first kappa shape index (κ1) is 16.2. The summed E-state index contributed by atoms with van der Waals surface area (Å²) in [5.41, 5.74) is 2.77. The Kier molecular flexibility index (Phi) is 7.80. The summed E-state index contributed by atoms with van der Waals surface area (Å²) < 4.78 is 3.08. The largest absolute Gasteiger partial charge is 0.334 e. The van der Waals surface area contributed by atoms with E-state index in [1.807, 2.05) is 6.08 Å². The number of hydrogen-bond donors (Lipinski definition) is 1. The van der Waals surface area contributed by atoms with Gasteiger partial charge in [-0.25, -0.2) is 0 Å². The number of aromatic nitrogens is 2. The molecule has 1 aromatic rings. The highest BCUT2D eigenvalue weighted by molar-refractivity contribution is 7.71. The monoisotopic (exact) mass is 280 g/mol. The van der Waals surface area contributed by atoms with Crippen molar-refractivity contribution in [3.05, 3.63) is 28.8 Å². The molecule has 2 nitrogen and oxygen atoms in total. The van der Waals surface area contributed by atoms with E-state index in [4.69, 9.17) is 12.2 Å². The number of rotatable bonds is 10. The maximum atomic E-state index is 5.44. The lowest BCUT2D eigenvalue weighted by atomic mass is 10.1. The third kappa shape index (κ3) is 4.98. The number of nitrogens with zero attached hydrogens (tertiary/aromatic N) is 1. The van der Waals surface area contributed by atoms with Crippen LogP contribution in [-0.2, 0) is 19.4 Å². The second-order valence-electron chi connectivity index (χ2n) is 5.17. The second kappa shape index (κ2) is 9.13. The molecule has 0 saturated heterocycles. The number of nitrogens with one attached hydrogen (secondary N) is 1. The topological polar surface area (TPSA) is 20.7 Å². The summed E-state index contributed by atoms with van der Waals surface area (Å²) in [5.74, 6) is 0. The van der Waals surface area contributed by atoms with Crippen molar-refractivity contribution in [3.8, 4) is 0 Å². The lowest BCUT2D eigenvalue weighted by molar-refractivity contribution is 0.653. The first-order chi connectivity index (χ1) is 9.24. The van der Waals surface area contributed by atoms with Gasteiger partial charge in [-0.05, 0) is 37.9 Å². The number of aryl methyl sites for hydroxylation is 1. The Labute approximate surface area is 122 Å². The molecule has 19 heavy (non-hydrogen) atoms. The Morgan fingerprint density at radius 2 is 1.74 bits per heavy atom. The highest BCUT2D eigenvalue weighted by Gasteiger charge is 2.10. The number of aromatic amines is 1. The van der Waals surface area contributed by atoms with Gasteiger partial charge >= 0.3 is 0 Å². The smallest absolute Gasteiger partial charge is 0.177 e. The van der Waals surface area contributed by atoms with Crippen LogP contribution in [0.2, 0.25) is 0 Å². The van der Waals surface area contributed by atoms with E-state index in [1.165, 1.54) is 49.9 Å². The summed E-state index contributed by atoms with van der Waals surface area (Å²) in [4.78, 5) is 3.41. The molecular formula is C16H28N2S. The van der Waals surface area contributed by atoms with Crippen LogP contribution < -0.4 is 0 Å². The third-order valence-electron chi connectivity index (χ3n) is 3.54. The van der Waals surface area contributed by atoms with Crippen molar-refractivity contribution in [1.82, 2.24) is 9.55 Å². The van der Waals surface area contributed by atoms with Gasteiger partial charge in [0.25, 0.3) is 0 Å². The molecule has 3 heteroatoms. The average molecular weight is 280 g/mol. The average Bonchev–Trinajstić information content (AvgIpc) is 2.68. The molecule has 0 spiro atoms. The highest BCUT2D eigenvalue weighted by Crippen LogP contribution is 2.16. The molecule has 0 aliphatic rings. The molecule has 108 valence electrons. The number of unbranched alkanes of at least 4 members (excludes halogenated alkanes) is 4. The number of allylic oxidation sites excluding steroid dienone is 1. The molecule has 0 bridgehead atoms. The van der Waals surface area contributed by atoms with E-state index in [0.29, 0.717) is 0 Å². The van der Waals surface area contributed by atoms with Gasteiger partial charge in [0.1, 0.15) is 0 Å². The van der Waals surface area contributed by atoms with Gasteiger partial charge in [-0.3, -0.25) is 0 Å². The lowest BCUT2D eigenvalue weighted by Crippen LogP contribution is -2.04. The first-order valence-electron chi connectivity index (χ1n) is 7.66. The normalized spacial score (nSPS) is 10.8. The molecule has 0 aromatic carbocycles. The molecule has 1 aromatic heterocycles. The van der Waals surface area contributed by atoms with E-state index >= 15 is 0 Å². The second-order valence-corrected chi connectivity index (χ2v) is 5.56. The molecule has 1 rings (SSSR count). The van der Waals surface area contributed by atoms with Crippen LogP contribution in [0.4, 0.5) is 0 Å². The summed E-state index contributed by atoms with van der Waals surface area (Å²) in [5, 5.41) is 0. The van der Waals surface area contributed by atoms with Crippen molar-refractivity contribution in [3.63, 3.8) is 0 Å². The fourth-order valence-corrected chi connectivity index (χ4v) is 2.77. The van der Waals surface area contributed by atoms with Crippen LogP contribution in [0, 0.1) is 4.77 Å². The van der Waals surface area contributed by atoms with Crippen LogP contribution in [0.5, 0.6) is 0 Å². The molecule has 0 aliphatic heterocycles. The molecule has 0 saturated carbocycles. The third-order valence-corrected chi connectivity index (χ3v) is 3.86. The molecule has 0 amide bonds. The molecule has 1 heterocycles. The number of imidazole rings is 1. The van der Waals surface area contributed by atoms with Crippen molar-refractivity contribution in [2.24, 2.45) is 0 Å². The van der Waals surface area contributed by atoms with Crippen molar-refractivity contribution in [2.45, 2.75) is 71.8 Å². The Morgan fingerprint density at radius 3 is 2.32 bits per heavy atom. The summed E-state index contributed by atoms with van der Waals surface area (Å²) in [6.07, 6.45) is 11.8. The lowest BCUT2D eigenvalue weighted by Gasteiger charge is -2.08. The van der Waals surface area contributed by atoms with Gasteiger partial charge in [0.15, 0.2) is 4.77 Å². The minimum absolute atomic E-state index is 0.824. The Hall–Kier alpha value is -0.830. The van der Waals surface area contributed by atoms with Gasteiger partial charge in [0.2, 0.25) is 0 Å². The SMILES string of the molecule is C=CCn1c(CCCCC)c(CCCCC)[nH]c1=S. The van der Waals surface area contributed by atoms with Crippen LogP contribution in [0.15, 0.2) is 12.7 Å². The maximum Gasteiger partial charge on any atom is 0.177 e. The Balaban J connectivity index is 2.84. The van der Waals surface area contributed by atoms with Gasteiger partial charge in [-0.1, -0.05) is 45.6 Å². The quantitative estimate of drug-likeness (QED) is 0.355. The molecule has 0 unspecified atom stereocenters. The molecule has 0 radical (unpaired) electrons. The zero-order valence-electron chi connectivity index (χ0n) is 12.5. The predicted molar refractivity (Wildman–Crippen MR) is 86.3 cm³/mol. The maximum absolute atomic E-state index is 5.44. The predicted octanol–water partition coefficient (Wildman–Crippen LogP) is 5.20. The van der Waals surface area contributed by atoms with E-state index in [0.717, 1.165) is 24.2 Å². The van der Waals surface area contributed by atoms with Gasteiger partial charge in [-0.2, -0.15) is 0 Å². The fraction of sp³-hybridized carbons (Fsp3) is 0.688. The Morgan fingerprint density at radius 1 is 1.11 bits per heavy atom. The van der Waals surface area contributed by atoms with Gasteiger partial charge in [0.05, 0.1) is 0 Å². The first-order valence-corrected chi connectivity index (χ1v) is 8.06. The zero-order valence-corrected chi connectivity index (χ0v) is 13.3. The highest BCUT2D eigenvalue weighted by atomic mass is 32.1. The molecule has 1 N–H and O–H groups in total. The summed E-state index contributed by atoms with van der Waals surface area (Å²) in [6.45, 7) is 9.15. The molecule has 0 aliphatic carbocycles. The van der Waals surface area contributed by atoms with Crippen molar-refractivity contribution in [1.29, 1.82) is 0 Å². The minimum atomic E-state index is 0.824. The van der Waals surface area contributed by atoms with E-state index in [1.54, 1.807) is 0 Å². The van der Waals surface area contributed by atoms with Crippen molar-refractivity contribution in [2.75, 3.05) is 0 Å². The van der Waals surface area contributed by atoms with Gasteiger partial charge in [-0.15, -0.1) is 6.58 Å². The molecule has 0 fully saturated rings. The molecule has 0 atom stereocenters. The van der Waals surface area contributed by atoms with E-state index < -0.39 is 0 Å². The number of H-pyrrole nitrogens is 1. The van der Waals surface area contributed by atoms with Crippen LogP contribution in [-0.4, -0.2) is 9.55 Å². The van der Waals surface area contributed by atoms with Crippen molar-refractivity contribution < 1.29 is 0 Å². The van der Waals surface area contributed by atoms with Crippen LogP contribution >= 0.6 is 12.2 Å². The number of hydrogen-bond acceptors (Lipinski definition) is 1. The summed E-state index contributed by atoms with van der Waals surface area (Å²) in [6, 6.07) is 0. The van der Waals surface area contributed by atoms with E-state index in [9.17, 15) is 0 Å². The van der Waals surface area contributed by atoms with Gasteiger partial charge in [0, 0.05) is 17.9 Å². The van der Waals surface area contributed by atoms with Crippen molar-refractivity contribution >= 4 is 12.2 Å². The molecular weight excluding hydrogens is 252 g/mol. The van der Waals surface area contributed by atoms with E-state index in [2.05, 4.69) is 30.0 Å². The van der Waals surface area contributed by atoms with E-state index in [-0.39, 0.29) is 0 Å². The summed E-state index contributed by atoms with van der Waals surface area (Å²) in [7, 11) is 0. The summed E-state index contributed by atoms with van der Waals surface area (Å²) >= 11 is 5.44. The fourth-order valence-electron chi connectivity index (χ4n) is 2.46. The van der Waals surface area contributed by atoms with Crippen LogP contribution in [0.1, 0.15) is 63.8 Å². The minimum Gasteiger partial charge on any atom is -0.334 e. The van der Waals surface area contributed by atoms with Gasteiger partial charge < -0.3 is 9.55 Å². The van der Waals surface area contributed by atoms with Crippen LogP contribution in [0.3, 0.4) is 0 Å². The standard InChI is InChI=1S/C16H28N2S/c1-4-7-9-11-14-15(12-10-8-5-2)18(13-6-3)16(19)17-14/h6H,3-5,7-13H2,1-2H3,(H,17,19). The Bertz CT molecular complexity index is 428.